The van der Waals surface area contributed by atoms with E-state index in [9.17, 15) is 14.3 Å². The van der Waals surface area contributed by atoms with E-state index in [-0.39, 0.29) is 41.0 Å². The van der Waals surface area contributed by atoms with Crippen molar-refractivity contribution in [2.24, 2.45) is 0 Å². The van der Waals surface area contributed by atoms with Crippen molar-refractivity contribution in [1.82, 2.24) is 24.1 Å². The van der Waals surface area contributed by atoms with E-state index in [1.807, 2.05) is 16.1 Å². The minimum absolute atomic E-state index is 0.0168. The Balaban J connectivity index is 1.22. The number of imidazole rings is 2. The Hall–Kier alpha value is -5.29. The van der Waals surface area contributed by atoms with Crippen LogP contribution in [0.3, 0.4) is 0 Å². The fraction of sp³-hybridized carbons (Fsp3) is 0.152. The fourth-order valence-corrected chi connectivity index (χ4v) is 5.07. The average molecular weight is 630 g/mol. The molecule has 3 aromatic heterocycles. The van der Waals surface area contributed by atoms with E-state index in [1.54, 1.807) is 55.0 Å². The van der Waals surface area contributed by atoms with Crippen LogP contribution in [0.15, 0.2) is 85.3 Å². The number of carboxylic acids is 1. The summed E-state index contributed by atoms with van der Waals surface area (Å²) in [5.74, 6) is -1.09. The van der Waals surface area contributed by atoms with Crippen LogP contribution in [0.5, 0.6) is 17.4 Å². The molecule has 0 unspecified atom stereocenters. The summed E-state index contributed by atoms with van der Waals surface area (Å²) in [6, 6.07) is 18.4. The van der Waals surface area contributed by atoms with Crippen LogP contribution in [0.4, 0.5) is 8.78 Å². The van der Waals surface area contributed by atoms with Crippen molar-refractivity contribution in [2.75, 3.05) is 0 Å². The second kappa shape index (κ2) is 12.7. The number of benzene rings is 3. The van der Waals surface area contributed by atoms with E-state index in [0.717, 1.165) is 11.8 Å². The third-order valence-corrected chi connectivity index (χ3v) is 7.41. The highest BCUT2D eigenvalue weighted by atomic mass is 35.5. The molecular formula is C33H26ClF2N5O4. The number of hydrogen-bond acceptors (Lipinski definition) is 6. The molecule has 0 saturated heterocycles. The summed E-state index contributed by atoms with van der Waals surface area (Å²) in [5, 5.41) is 9.82. The van der Waals surface area contributed by atoms with Gasteiger partial charge in [0, 0.05) is 36.3 Å². The molecule has 0 aliphatic carbocycles. The second-order valence-electron chi connectivity index (χ2n) is 10.2. The van der Waals surface area contributed by atoms with E-state index >= 15 is 4.39 Å². The quantitative estimate of drug-likeness (QED) is 0.160. The lowest BCUT2D eigenvalue weighted by molar-refractivity contribution is 0.0697. The Kier molecular flexibility index (Phi) is 8.43. The monoisotopic (exact) mass is 629 g/mol. The van der Waals surface area contributed by atoms with Crippen LogP contribution in [0, 0.1) is 11.6 Å². The molecule has 1 N–H and O–H groups in total. The van der Waals surface area contributed by atoms with Gasteiger partial charge in [-0.1, -0.05) is 23.7 Å². The van der Waals surface area contributed by atoms with E-state index in [1.165, 1.54) is 24.3 Å². The number of carboxylic acid groups (broad SMARTS) is 1. The van der Waals surface area contributed by atoms with Gasteiger partial charge in [-0.25, -0.2) is 28.5 Å². The average Bonchev–Trinajstić information content (AvgIpc) is 3.62. The lowest BCUT2D eigenvalue weighted by Crippen LogP contribution is -2.10. The predicted molar refractivity (Wildman–Crippen MR) is 163 cm³/mol. The first-order valence-electron chi connectivity index (χ1n) is 14.0. The third kappa shape index (κ3) is 6.63. The van der Waals surface area contributed by atoms with Crippen LogP contribution in [0.1, 0.15) is 40.1 Å². The van der Waals surface area contributed by atoms with Gasteiger partial charge in [0.15, 0.2) is 11.6 Å². The van der Waals surface area contributed by atoms with E-state index in [0.29, 0.717) is 41.2 Å². The van der Waals surface area contributed by atoms with Crippen LogP contribution in [0.25, 0.3) is 11.0 Å². The van der Waals surface area contributed by atoms with Crippen LogP contribution in [-0.2, 0) is 26.1 Å². The number of hydrogen-bond donors (Lipinski definition) is 1. The molecular weight excluding hydrogens is 604 g/mol. The van der Waals surface area contributed by atoms with Crippen molar-refractivity contribution in [3.05, 3.63) is 130 Å². The molecule has 0 bridgehead atoms. The maximum atomic E-state index is 15.5. The van der Waals surface area contributed by atoms with E-state index in [4.69, 9.17) is 26.1 Å². The van der Waals surface area contributed by atoms with Gasteiger partial charge in [0.1, 0.15) is 24.0 Å². The summed E-state index contributed by atoms with van der Waals surface area (Å²) in [6.07, 6.45) is 3.63. The maximum Gasteiger partial charge on any atom is 0.335 e. The summed E-state index contributed by atoms with van der Waals surface area (Å²) < 4.78 is 44.7. The summed E-state index contributed by atoms with van der Waals surface area (Å²) >= 11 is 5.79. The van der Waals surface area contributed by atoms with Gasteiger partial charge in [-0.3, -0.25) is 0 Å². The molecule has 12 heteroatoms. The molecule has 45 heavy (non-hydrogen) atoms. The summed E-state index contributed by atoms with van der Waals surface area (Å²) in [5.41, 5.74) is 3.12. The van der Waals surface area contributed by atoms with Crippen molar-refractivity contribution in [3.8, 4) is 17.4 Å². The number of aryl methyl sites for hydroxylation is 1. The van der Waals surface area contributed by atoms with Crippen LogP contribution < -0.4 is 9.47 Å². The Bertz CT molecular complexity index is 2030. The molecule has 0 fully saturated rings. The molecule has 0 saturated carbocycles. The molecule has 6 aromatic rings. The number of ether oxygens (including phenoxy) is 2. The summed E-state index contributed by atoms with van der Waals surface area (Å²) in [7, 11) is 0. The number of halogens is 3. The normalized spacial score (nSPS) is 11.2. The second-order valence-corrected chi connectivity index (χ2v) is 10.6. The van der Waals surface area contributed by atoms with E-state index in [2.05, 4.69) is 9.97 Å². The first-order chi connectivity index (χ1) is 21.8. The number of pyridine rings is 1. The highest BCUT2D eigenvalue weighted by molar-refractivity contribution is 6.30. The van der Waals surface area contributed by atoms with Gasteiger partial charge in [-0.05, 0) is 61.0 Å². The summed E-state index contributed by atoms with van der Waals surface area (Å²) in [4.78, 5) is 25.0. The van der Waals surface area contributed by atoms with Gasteiger partial charge in [0.25, 0.3) is 0 Å². The molecule has 228 valence electrons. The third-order valence-electron chi connectivity index (χ3n) is 7.18. The molecule has 0 atom stereocenters. The molecule has 3 heterocycles. The number of aromatic carboxylic acids is 1. The van der Waals surface area contributed by atoms with Crippen molar-refractivity contribution in [2.45, 2.75) is 33.0 Å². The lowest BCUT2D eigenvalue weighted by atomic mass is 10.1. The number of nitrogens with zero attached hydrogens (tertiary/aromatic N) is 5. The molecule has 3 aromatic carbocycles. The fourth-order valence-electron chi connectivity index (χ4n) is 4.91. The minimum Gasteiger partial charge on any atom is -0.484 e. The minimum atomic E-state index is -1.05. The van der Waals surface area contributed by atoms with Crippen LogP contribution >= 0.6 is 11.6 Å². The Morgan fingerprint density at radius 3 is 2.64 bits per heavy atom. The van der Waals surface area contributed by atoms with E-state index < -0.39 is 17.6 Å². The first-order valence-corrected chi connectivity index (χ1v) is 14.4. The Morgan fingerprint density at radius 2 is 1.87 bits per heavy atom. The maximum absolute atomic E-state index is 15.5. The standard InChI is InChI=1S/C33H26ClF2N5O4/c1-2-40-19-37-16-24(40)17-41-29-12-21(33(42)43)7-10-28(29)39-31(41)13-20-6-9-25(15-26(20)35)45-32-5-3-4-23(38-32)18-44-30-11-8-22(34)14-27(30)36/h3-12,14-16,19H,2,13,17-18H2,1H3,(H,42,43). The zero-order chi connectivity index (χ0) is 31.5. The molecule has 9 nitrogen and oxygen atoms in total. The largest absolute Gasteiger partial charge is 0.484 e. The van der Waals surface area contributed by atoms with Gasteiger partial charge >= 0.3 is 5.97 Å². The van der Waals surface area contributed by atoms with Gasteiger partial charge in [0.05, 0.1) is 40.9 Å². The molecule has 0 radical (unpaired) electrons. The number of aromatic nitrogens is 5. The van der Waals surface area contributed by atoms with Gasteiger partial charge in [-0.15, -0.1) is 0 Å². The smallest absolute Gasteiger partial charge is 0.335 e. The highest BCUT2D eigenvalue weighted by Crippen LogP contribution is 2.27. The topological polar surface area (TPSA) is 104 Å². The van der Waals surface area contributed by atoms with Crippen LogP contribution in [0.2, 0.25) is 5.02 Å². The molecule has 0 aliphatic rings. The van der Waals surface area contributed by atoms with Crippen molar-refractivity contribution in [3.63, 3.8) is 0 Å². The molecule has 0 amide bonds. The Labute approximate surface area is 261 Å². The van der Waals surface area contributed by atoms with Gasteiger partial charge in [-0.2, -0.15) is 0 Å². The summed E-state index contributed by atoms with van der Waals surface area (Å²) in [6.45, 7) is 3.07. The van der Waals surface area contributed by atoms with Crippen molar-refractivity contribution < 1.29 is 28.2 Å². The Morgan fingerprint density at radius 1 is 1.00 bits per heavy atom. The SMILES string of the molecule is CCn1cncc1Cn1c(Cc2ccc(Oc3cccc(COc4ccc(Cl)cc4F)n3)cc2F)nc2ccc(C(=O)O)cc21. The number of rotatable bonds is 11. The lowest BCUT2D eigenvalue weighted by Gasteiger charge is -2.12. The van der Waals surface area contributed by atoms with Crippen molar-refractivity contribution in [1.29, 1.82) is 0 Å². The zero-order valence-corrected chi connectivity index (χ0v) is 24.7. The van der Waals surface area contributed by atoms with Gasteiger partial charge in [0.2, 0.25) is 5.88 Å². The van der Waals surface area contributed by atoms with Crippen molar-refractivity contribution >= 4 is 28.6 Å². The van der Waals surface area contributed by atoms with Crippen LogP contribution in [-0.4, -0.2) is 35.2 Å². The predicted octanol–water partition coefficient (Wildman–Crippen LogP) is 7.29. The highest BCUT2D eigenvalue weighted by Gasteiger charge is 2.18. The molecule has 6 rings (SSSR count). The molecule has 0 spiro atoms. The zero-order valence-electron chi connectivity index (χ0n) is 24.0. The first kappa shape index (κ1) is 29.8. The van der Waals surface area contributed by atoms with Gasteiger partial charge < -0.3 is 23.7 Å². The molecule has 0 aliphatic heterocycles. The number of fused-ring (bicyclic) bond motifs is 1. The number of carbonyl (C=O) groups is 1.